The topological polar surface area (TPSA) is 9.23 Å². The van der Waals surface area contributed by atoms with E-state index in [0.29, 0.717) is 6.61 Å². The Labute approximate surface area is 103 Å². The Hall–Kier alpha value is -1.76. The molecule has 2 aromatic rings. The quantitative estimate of drug-likeness (QED) is 0.757. The van der Waals surface area contributed by atoms with Crippen LogP contribution >= 0.6 is 0 Å². The van der Waals surface area contributed by atoms with Gasteiger partial charge in [-0.1, -0.05) is 49.4 Å². The Morgan fingerprint density at radius 2 is 1.82 bits per heavy atom. The highest BCUT2D eigenvalue weighted by atomic mass is 16.5. The first kappa shape index (κ1) is 11.7. The lowest BCUT2D eigenvalue weighted by atomic mass is 10.0. The van der Waals surface area contributed by atoms with Crippen LogP contribution < -0.4 is 4.74 Å². The molecule has 0 amide bonds. The van der Waals surface area contributed by atoms with Crippen molar-refractivity contribution in [3.05, 3.63) is 72.6 Å². The number of benzene rings is 2. The van der Waals surface area contributed by atoms with E-state index >= 15 is 0 Å². The summed E-state index contributed by atoms with van der Waals surface area (Å²) >= 11 is 0. The lowest BCUT2D eigenvalue weighted by Crippen LogP contribution is -1.96. The van der Waals surface area contributed by atoms with Gasteiger partial charge in [-0.05, 0) is 36.1 Å². The van der Waals surface area contributed by atoms with E-state index in [0.717, 1.165) is 5.75 Å². The maximum Gasteiger partial charge on any atom is 0.120 e. The SMILES string of the molecule is [CH2]C(C)c1cccc(OCc2ccccc2)c1. The molecule has 0 saturated carbocycles. The maximum atomic E-state index is 5.76. The first-order valence-corrected chi connectivity index (χ1v) is 5.85. The molecule has 0 spiro atoms. The predicted molar refractivity (Wildman–Crippen MR) is 71.0 cm³/mol. The summed E-state index contributed by atoms with van der Waals surface area (Å²) in [4.78, 5) is 0. The van der Waals surface area contributed by atoms with Crippen LogP contribution in [0.3, 0.4) is 0 Å². The standard InChI is InChI=1S/C16H17O/c1-13(2)15-9-6-10-16(11-15)17-12-14-7-4-3-5-8-14/h3-11,13H,1,12H2,2H3. The van der Waals surface area contributed by atoms with Crippen LogP contribution in [0.1, 0.15) is 24.0 Å². The third-order valence-corrected chi connectivity index (χ3v) is 2.68. The average molecular weight is 225 g/mol. The Kier molecular flexibility index (Phi) is 3.81. The summed E-state index contributed by atoms with van der Waals surface area (Å²) in [7, 11) is 0. The first-order valence-electron chi connectivity index (χ1n) is 5.85. The summed E-state index contributed by atoms with van der Waals surface area (Å²) in [5.41, 5.74) is 2.39. The molecule has 0 saturated heterocycles. The van der Waals surface area contributed by atoms with Gasteiger partial charge in [-0.15, -0.1) is 0 Å². The van der Waals surface area contributed by atoms with Crippen molar-refractivity contribution in [2.45, 2.75) is 19.4 Å². The van der Waals surface area contributed by atoms with Crippen molar-refractivity contribution in [2.24, 2.45) is 0 Å². The third kappa shape index (κ3) is 3.35. The molecule has 0 aliphatic heterocycles. The van der Waals surface area contributed by atoms with Crippen LogP contribution in [-0.2, 0) is 6.61 Å². The molecule has 1 heteroatoms. The van der Waals surface area contributed by atoms with Crippen LogP contribution in [0.4, 0.5) is 0 Å². The number of ether oxygens (including phenoxy) is 1. The second-order valence-electron chi connectivity index (χ2n) is 4.25. The minimum absolute atomic E-state index is 0.287. The van der Waals surface area contributed by atoms with Crippen molar-refractivity contribution < 1.29 is 4.74 Å². The second-order valence-corrected chi connectivity index (χ2v) is 4.25. The van der Waals surface area contributed by atoms with Crippen LogP contribution in [0.15, 0.2) is 54.6 Å². The number of rotatable bonds is 4. The summed E-state index contributed by atoms with van der Waals surface area (Å²) in [5, 5.41) is 0. The highest BCUT2D eigenvalue weighted by molar-refractivity contribution is 5.31. The van der Waals surface area contributed by atoms with Gasteiger partial charge in [0, 0.05) is 0 Å². The largest absolute Gasteiger partial charge is 0.489 e. The molecule has 87 valence electrons. The molecule has 0 aromatic heterocycles. The predicted octanol–water partition coefficient (Wildman–Crippen LogP) is 4.20. The van der Waals surface area contributed by atoms with Crippen molar-refractivity contribution in [3.8, 4) is 5.75 Å². The van der Waals surface area contributed by atoms with E-state index in [9.17, 15) is 0 Å². The lowest BCUT2D eigenvalue weighted by molar-refractivity contribution is 0.306. The van der Waals surface area contributed by atoms with Gasteiger partial charge >= 0.3 is 0 Å². The maximum absolute atomic E-state index is 5.76. The van der Waals surface area contributed by atoms with E-state index in [2.05, 4.69) is 38.1 Å². The molecule has 1 nitrogen and oxygen atoms in total. The van der Waals surface area contributed by atoms with Crippen LogP contribution in [0, 0.1) is 6.92 Å². The van der Waals surface area contributed by atoms with E-state index in [-0.39, 0.29) is 5.92 Å². The second kappa shape index (κ2) is 5.53. The zero-order valence-corrected chi connectivity index (χ0v) is 10.1. The molecule has 0 N–H and O–H groups in total. The van der Waals surface area contributed by atoms with E-state index < -0.39 is 0 Å². The van der Waals surface area contributed by atoms with E-state index in [4.69, 9.17) is 4.74 Å². The third-order valence-electron chi connectivity index (χ3n) is 2.68. The molecule has 0 heterocycles. The summed E-state index contributed by atoms with van der Waals surface area (Å²) in [6.07, 6.45) is 0. The molecule has 1 radical (unpaired) electrons. The smallest absolute Gasteiger partial charge is 0.120 e. The summed E-state index contributed by atoms with van der Waals surface area (Å²) in [6.45, 7) is 6.70. The van der Waals surface area contributed by atoms with E-state index in [1.54, 1.807) is 0 Å². The zero-order chi connectivity index (χ0) is 12.1. The molecule has 0 aliphatic rings. The van der Waals surface area contributed by atoms with E-state index in [1.165, 1.54) is 11.1 Å². The fraction of sp³-hybridized carbons (Fsp3) is 0.188. The van der Waals surface area contributed by atoms with Crippen LogP contribution in [0.25, 0.3) is 0 Å². The average Bonchev–Trinajstić information content (AvgIpc) is 2.38. The zero-order valence-electron chi connectivity index (χ0n) is 10.1. The lowest BCUT2D eigenvalue weighted by Gasteiger charge is -2.09. The number of hydrogen-bond donors (Lipinski definition) is 0. The summed E-state index contributed by atoms with van der Waals surface area (Å²) < 4.78 is 5.76. The van der Waals surface area contributed by atoms with Gasteiger partial charge in [-0.25, -0.2) is 0 Å². The molecule has 2 aromatic carbocycles. The molecular weight excluding hydrogens is 208 g/mol. The van der Waals surface area contributed by atoms with Gasteiger partial charge in [0.2, 0.25) is 0 Å². The molecule has 1 unspecified atom stereocenters. The minimum Gasteiger partial charge on any atom is -0.489 e. The van der Waals surface area contributed by atoms with Crippen LogP contribution in [0.2, 0.25) is 0 Å². The summed E-state index contributed by atoms with van der Waals surface area (Å²) in [6, 6.07) is 18.3. The molecule has 2 rings (SSSR count). The van der Waals surface area contributed by atoms with Crippen molar-refractivity contribution in [1.82, 2.24) is 0 Å². The van der Waals surface area contributed by atoms with Gasteiger partial charge in [-0.3, -0.25) is 0 Å². The first-order chi connectivity index (χ1) is 8.25. The molecular formula is C16H17O. The van der Waals surface area contributed by atoms with Gasteiger partial charge in [0.15, 0.2) is 0 Å². The Bertz CT molecular complexity index is 460. The van der Waals surface area contributed by atoms with Crippen LogP contribution in [0.5, 0.6) is 5.75 Å². The molecule has 0 fully saturated rings. The molecule has 0 bridgehead atoms. The monoisotopic (exact) mass is 225 g/mol. The van der Waals surface area contributed by atoms with Gasteiger partial charge in [0.05, 0.1) is 0 Å². The van der Waals surface area contributed by atoms with Crippen LogP contribution in [-0.4, -0.2) is 0 Å². The molecule has 1 atom stereocenters. The fourth-order valence-electron chi connectivity index (χ4n) is 1.65. The Morgan fingerprint density at radius 1 is 1.06 bits per heavy atom. The van der Waals surface area contributed by atoms with Crippen molar-refractivity contribution in [1.29, 1.82) is 0 Å². The number of hydrogen-bond acceptors (Lipinski definition) is 1. The van der Waals surface area contributed by atoms with Gasteiger partial charge in [0.25, 0.3) is 0 Å². The van der Waals surface area contributed by atoms with Gasteiger partial charge in [-0.2, -0.15) is 0 Å². The highest BCUT2D eigenvalue weighted by Gasteiger charge is 2.01. The van der Waals surface area contributed by atoms with Crippen molar-refractivity contribution >= 4 is 0 Å². The van der Waals surface area contributed by atoms with Crippen molar-refractivity contribution in [3.63, 3.8) is 0 Å². The normalized spacial score (nSPS) is 10.5. The Balaban J connectivity index is 2.02. The van der Waals surface area contributed by atoms with Gasteiger partial charge < -0.3 is 4.74 Å². The van der Waals surface area contributed by atoms with Crippen molar-refractivity contribution in [2.75, 3.05) is 0 Å². The van der Waals surface area contributed by atoms with Gasteiger partial charge in [0.1, 0.15) is 12.4 Å². The minimum atomic E-state index is 0.287. The Morgan fingerprint density at radius 3 is 2.53 bits per heavy atom. The molecule has 0 aliphatic carbocycles. The highest BCUT2D eigenvalue weighted by Crippen LogP contribution is 2.20. The summed E-state index contributed by atoms with van der Waals surface area (Å²) in [5.74, 6) is 1.19. The molecule has 17 heavy (non-hydrogen) atoms. The van der Waals surface area contributed by atoms with E-state index in [1.807, 2.05) is 30.3 Å². The fourth-order valence-corrected chi connectivity index (χ4v) is 1.65.